The number of nitrogens with zero attached hydrogens (tertiary/aromatic N) is 2. The van der Waals surface area contributed by atoms with Crippen molar-refractivity contribution in [2.45, 2.75) is 58.9 Å². The van der Waals surface area contributed by atoms with Gasteiger partial charge in [0.05, 0.1) is 10.1 Å². The van der Waals surface area contributed by atoms with Gasteiger partial charge in [0.25, 0.3) is 0 Å². The van der Waals surface area contributed by atoms with Crippen molar-refractivity contribution in [1.29, 1.82) is 0 Å². The number of anilines is 1. The molecule has 5 nitrogen and oxygen atoms in total. The smallest absolute Gasteiger partial charge is 0.169 e. The first-order valence-electron chi connectivity index (χ1n) is 12.7. The van der Waals surface area contributed by atoms with Crippen LogP contribution in [0.5, 0.6) is 0 Å². The molecule has 1 aromatic heterocycles. The van der Waals surface area contributed by atoms with Gasteiger partial charge in [-0.3, -0.25) is 0 Å². The second-order valence-electron chi connectivity index (χ2n) is 8.73. The summed E-state index contributed by atoms with van der Waals surface area (Å²) in [5, 5.41) is 0. The molecule has 2 aromatic rings. The zero-order chi connectivity index (χ0) is 25.4. The van der Waals surface area contributed by atoms with E-state index in [2.05, 4.69) is 49.1 Å². The predicted octanol–water partition coefficient (Wildman–Crippen LogP) is 5.99. The van der Waals surface area contributed by atoms with E-state index in [0.29, 0.717) is 19.4 Å². The van der Waals surface area contributed by atoms with E-state index in [1.54, 1.807) is 0 Å². The highest BCUT2D eigenvalue weighted by atomic mass is 32.2. The Labute approximate surface area is 212 Å². The molecule has 0 N–H and O–H groups in total. The van der Waals surface area contributed by atoms with Gasteiger partial charge in [0.2, 0.25) is 0 Å². The molecular weight excluding hydrogens is 456 g/mol. The number of aryl methyl sites for hydroxylation is 1. The molecule has 0 saturated heterocycles. The van der Waals surface area contributed by atoms with E-state index in [0.717, 1.165) is 18.7 Å². The molecule has 0 aliphatic heterocycles. The highest BCUT2D eigenvalue weighted by Crippen LogP contribution is 2.18. The first-order valence-corrected chi connectivity index (χ1v) is 14.3. The zero-order valence-corrected chi connectivity index (χ0v) is 22.0. The third-order valence-electron chi connectivity index (χ3n) is 5.71. The zero-order valence-electron chi connectivity index (χ0n) is 21.2. The molecule has 0 amide bonds. The van der Waals surface area contributed by atoms with Crippen LogP contribution in [0.1, 0.15) is 63.5 Å². The maximum absolute atomic E-state index is 10.6. The number of pyridine rings is 1. The summed E-state index contributed by atoms with van der Waals surface area (Å²) in [6, 6.07) is 12.8. The lowest BCUT2D eigenvalue weighted by molar-refractivity contribution is -0.697. The van der Waals surface area contributed by atoms with Gasteiger partial charge in [-0.2, -0.15) is 0 Å². The van der Waals surface area contributed by atoms with Crippen LogP contribution in [0.25, 0.3) is 12.2 Å². The van der Waals surface area contributed by atoms with Crippen molar-refractivity contribution in [3.05, 3.63) is 84.2 Å². The minimum atomic E-state index is -4.11. The largest absolute Gasteiger partial charge is 0.748 e. The lowest BCUT2D eigenvalue weighted by atomic mass is 10.1. The summed E-state index contributed by atoms with van der Waals surface area (Å²) in [5.74, 6) is -0.294. The Bertz CT molecular complexity index is 1030. The number of benzene rings is 1. The molecule has 0 atom stereocenters. The Morgan fingerprint density at radius 2 is 1.31 bits per heavy atom. The van der Waals surface area contributed by atoms with E-state index < -0.39 is 10.1 Å². The molecule has 0 spiro atoms. The maximum atomic E-state index is 10.6. The van der Waals surface area contributed by atoms with Gasteiger partial charge in [0.1, 0.15) is 6.54 Å². The standard InChI is InChI=1S/C29H40N2O3S/c1-3-5-22-31(23-6-4-2)29-17-15-27(16-18-29)13-9-7-8-10-14-28-19-24-30(25-20-28)21-11-12-26-35(32,33)34/h7-10,13-20,24-25H,3-6,11-12,21-23,26H2,1-2H3. The van der Waals surface area contributed by atoms with E-state index in [4.69, 9.17) is 0 Å². The molecule has 0 radical (unpaired) electrons. The van der Waals surface area contributed by atoms with Crippen LogP contribution in [-0.4, -0.2) is 31.8 Å². The second kappa shape index (κ2) is 16.1. The number of unbranched alkanes of at least 4 members (excludes halogenated alkanes) is 3. The third-order valence-corrected chi connectivity index (χ3v) is 6.50. The lowest BCUT2D eigenvalue weighted by Gasteiger charge is -2.24. The summed E-state index contributed by atoms with van der Waals surface area (Å²) in [6.07, 6.45) is 22.1. The second-order valence-corrected chi connectivity index (χ2v) is 10.3. The lowest BCUT2D eigenvalue weighted by Crippen LogP contribution is -2.32. The molecule has 0 aliphatic rings. The van der Waals surface area contributed by atoms with Crippen molar-refractivity contribution in [3.63, 3.8) is 0 Å². The van der Waals surface area contributed by atoms with Crippen LogP contribution in [0.3, 0.4) is 0 Å². The highest BCUT2D eigenvalue weighted by molar-refractivity contribution is 7.85. The number of rotatable bonds is 16. The van der Waals surface area contributed by atoms with E-state index in [-0.39, 0.29) is 5.75 Å². The minimum absolute atomic E-state index is 0.294. The van der Waals surface area contributed by atoms with Gasteiger partial charge in [-0.25, -0.2) is 13.0 Å². The van der Waals surface area contributed by atoms with E-state index in [9.17, 15) is 13.0 Å². The van der Waals surface area contributed by atoms with Crippen LogP contribution in [0, 0.1) is 0 Å². The first kappa shape index (κ1) is 28.5. The topological polar surface area (TPSA) is 64.3 Å². The molecule has 0 fully saturated rings. The van der Waals surface area contributed by atoms with Crippen LogP contribution >= 0.6 is 0 Å². The molecule has 1 heterocycles. The van der Waals surface area contributed by atoms with Gasteiger partial charge in [0.15, 0.2) is 12.4 Å². The summed E-state index contributed by atoms with van der Waals surface area (Å²) < 4.78 is 33.9. The summed E-state index contributed by atoms with van der Waals surface area (Å²) in [4.78, 5) is 2.50. The monoisotopic (exact) mass is 496 g/mol. The molecule has 35 heavy (non-hydrogen) atoms. The summed E-state index contributed by atoms with van der Waals surface area (Å²) in [5.41, 5.74) is 3.58. The first-order chi connectivity index (χ1) is 16.9. The Kier molecular flexibility index (Phi) is 13.1. The molecule has 0 aliphatic carbocycles. The van der Waals surface area contributed by atoms with Gasteiger partial charge in [-0.1, -0.05) is 75.3 Å². The van der Waals surface area contributed by atoms with Gasteiger partial charge < -0.3 is 9.45 Å². The Hall–Kier alpha value is -2.70. The summed E-state index contributed by atoms with van der Waals surface area (Å²) in [6.45, 7) is 7.42. The molecule has 1 aromatic carbocycles. The van der Waals surface area contributed by atoms with E-state index >= 15 is 0 Å². The summed E-state index contributed by atoms with van der Waals surface area (Å²) >= 11 is 0. The third kappa shape index (κ3) is 12.5. The SMILES string of the molecule is CCCCN(CCCC)c1ccc(/C=C/C=C/C=C/c2cc[n+](CCCCS(=O)(=O)[O-])cc2)cc1. The Morgan fingerprint density at radius 1 is 0.771 bits per heavy atom. The van der Waals surface area contributed by atoms with Crippen molar-refractivity contribution in [2.75, 3.05) is 23.7 Å². The van der Waals surface area contributed by atoms with Crippen LogP contribution in [0.15, 0.2) is 73.1 Å². The van der Waals surface area contributed by atoms with Crippen molar-refractivity contribution >= 4 is 28.0 Å². The average molecular weight is 497 g/mol. The molecule has 6 heteroatoms. The average Bonchev–Trinajstić information content (AvgIpc) is 2.85. The van der Waals surface area contributed by atoms with Crippen molar-refractivity contribution < 1.29 is 17.5 Å². The van der Waals surface area contributed by atoms with Crippen molar-refractivity contribution in [2.24, 2.45) is 0 Å². The van der Waals surface area contributed by atoms with Gasteiger partial charge in [-0.05, 0) is 42.5 Å². The van der Waals surface area contributed by atoms with Crippen LogP contribution in [0.2, 0.25) is 0 Å². The fraction of sp³-hybridized carbons (Fsp3) is 0.414. The van der Waals surface area contributed by atoms with E-state index in [1.807, 2.05) is 59.5 Å². The highest BCUT2D eigenvalue weighted by Gasteiger charge is 2.05. The molecule has 0 unspecified atom stereocenters. The predicted molar refractivity (Wildman–Crippen MR) is 146 cm³/mol. The Balaban J connectivity index is 1.79. The number of allylic oxidation sites excluding steroid dienone is 4. The van der Waals surface area contributed by atoms with Crippen LogP contribution < -0.4 is 9.47 Å². The van der Waals surface area contributed by atoms with Gasteiger partial charge >= 0.3 is 0 Å². The maximum Gasteiger partial charge on any atom is 0.169 e. The van der Waals surface area contributed by atoms with Crippen molar-refractivity contribution in [3.8, 4) is 0 Å². The van der Waals surface area contributed by atoms with Gasteiger partial charge in [0, 0.05) is 43.1 Å². The molecular formula is C29H40N2O3S. The number of hydrogen-bond donors (Lipinski definition) is 0. The normalized spacial score (nSPS) is 12.3. The fourth-order valence-electron chi connectivity index (χ4n) is 3.63. The van der Waals surface area contributed by atoms with Crippen LogP contribution in [-0.2, 0) is 16.7 Å². The quantitative estimate of drug-likeness (QED) is 0.124. The van der Waals surface area contributed by atoms with Crippen LogP contribution in [0.4, 0.5) is 5.69 Å². The molecule has 0 bridgehead atoms. The molecule has 2 rings (SSSR count). The fourth-order valence-corrected chi connectivity index (χ4v) is 4.19. The number of hydrogen-bond acceptors (Lipinski definition) is 4. The Morgan fingerprint density at radius 3 is 1.83 bits per heavy atom. The van der Waals surface area contributed by atoms with Gasteiger partial charge in [-0.15, -0.1) is 0 Å². The molecule has 190 valence electrons. The van der Waals surface area contributed by atoms with E-state index in [1.165, 1.54) is 36.9 Å². The number of aromatic nitrogens is 1. The summed E-state index contributed by atoms with van der Waals surface area (Å²) in [7, 11) is -4.11. The van der Waals surface area contributed by atoms with Crippen molar-refractivity contribution in [1.82, 2.24) is 0 Å². The molecule has 0 saturated carbocycles. The minimum Gasteiger partial charge on any atom is -0.748 e.